The van der Waals surface area contributed by atoms with Gasteiger partial charge in [0.15, 0.2) is 5.82 Å². The van der Waals surface area contributed by atoms with Gasteiger partial charge < -0.3 is 9.64 Å². The molecule has 1 fully saturated rings. The SMILES string of the molecule is COCc1nc(N2CCC(Cc3cnn(C)c3)C2)c2c(-c3ccccc3)csc2n1. The van der Waals surface area contributed by atoms with Crippen molar-refractivity contribution in [3.63, 3.8) is 0 Å². The van der Waals surface area contributed by atoms with Gasteiger partial charge in [0.2, 0.25) is 0 Å². The maximum Gasteiger partial charge on any atom is 0.158 e. The van der Waals surface area contributed by atoms with E-state index in [1.165, 1.54) is 16.7 Å². The van der Waals surface area contributed by atoms with Gasteiger partial charge in [0.05, 0.1) is 11.6 Å². The second-order valence-corrected chi connectivity index (χ2v) is 8.78. The molecule has 4 heterocycles. The van der Waals surface area contributed by atoms with E-state index in [0.29, 0.717) is 12.5 Å². The molecule has 154 valence electrons. The van der Waals surface area contributed by atoms with Gasteiger partial charge in [0.1, 0.15) is 17.3 Å². The van der Waals surface area contributed by atoms with Crippen molar-refractivity contribution in [1.82, 2.24) is 19.7 Å². The van der Waals surface area contributed by atoms with Gasteiger partial charge in [0, 0.05) is 44.4 Å². The quantitative estimate of drug-likeness (QED) is 0.466. The number of benzene rings is 1. The van der Waals surface area contributed by atoms with Crippen molar-refractivity contribution < 1.29 is 4.74 Å². The van der Waals surface area contributed by atoms with Crippen LogP contribution in [0.1, 0.15) is 17.8 Å². The highest BCUT2D eigenvalue weighted by molar-refractivity contribution is 7.17. The zero-order valence-electron chi connectivity index (χ0n) is 17.3. The lowest BCUT2D eigenvalue weighted by Gasteiger charge is -2.20. The van der Waals surface area contributed by atoms with Crippen molar-refractivity contribution in [2.24, 2.45) is 13.0 Å². The third-order valence-electron chi connectivity index (χ3n) is 5.69. The van der Waals surface area contributed by atoms with E-state index >= 15 is 0 Å². The van der Waals surface area contributed by atoms with Crippen LogP contribution in [0, 0.1) is 5.92 Å². The summed E-state index contributed by atoms with van der Waals surface area (Å²) in [6.45, 7) is 2.43. The van der Waals surface area contributed by atoms with Gasteiger partial charge in [-0.3, -0.25) is 4.68 Å². The highest BCUT2D eigenvalue weighted by atomic mass is 32.1. The number of ether oxygens (including phenoxy) is 1. The number of methoxy groups -OCH3 is 1. The molecule has 1 unspecified atom stereocenters. The smallest absolute Gasteiger partial charge is 0.158 e. The Bertz CT molecular complexity index is 1150. The fourth-order valence-corrected chi connectivity index (χ4v) is 5.28. The Balaban J connectivity index is 1.51. The van der Waals surface area contributed by atoms with Crippen molar-refractivity contribution >= 4 is 27.4 Å². The highest BCUT2D eigenvalue weighted by Gasteiger charge is 2.27. The average molecular weight is 420 g/mol. The van der Waals surface area contributed by atoms with E-state index in [1.54, 1.807) is 18.4 Å². The van der Waals surface area contributed by atoms with Gasteiger partial charge in [-0.2, -0.15) is 5.10 Å². The van der Waals surface area contributed by atoms with Crippen molar-refractivity contribution in [1.29, 1.82) is 0 Å². The molecule has 30 heavy (non-hydrogen) atoms. The van der Waals surface area contributed by atoms with Crippen LogP contribution in [0.3, 0.4) is 0 Å². The summed E-state index contributed by atoms with van der Waals surface area (Å²) in [7, 11) is 3.66. The van der Waals surface area contributed by atoms with Crippen LogP contribution in [0.2, 0.25) is 0 Å². The Kier molecular flexibility index (Phi) is 5.23. The number of aromatic nitrogens is 4. The van der Waals surface area contributed by atoms with Crippen LogP contribution in [-0.2, 0) is 24.8 Å². The molecule has 1 atom stereocenters. The van der Waals surface area contributed by atoms with Crippen molar-refractivity contribution in [3.8, 4) is 11.1 Å². The highest BCUT2D eigenvalue weighted by Crippen LogP contribution is 2.40. The molecule has 4 aromatic rings. The zero-order valence-corrected chi connectivity index (χ0v) is 18.1. The van der Waals surface area contributed by atoms with Gasteiger partial charge in [-0.1, -0.05) is 30.3 Å². The molecule has 0 amide bonds. The lowest BCUT2D eigenvalue weighted by Crippen LogP contribution is -2.22. The summed E-state index contributed by atoms with van der Waals surface area (Å²) in [5, 5.41) is 7.68. The number of anilines is 1. The Morgan fingerprint density at radius 3 is 2.83 bits per heavy atom. The predicted molar refractivity (Wildman–Crippen MR) is 121 cm³/mol. The lowest BCUT2D eigenvalue weighted by molar-refractivity contribution is 0.178. The summed E-state index contributed by atoms with van der Waals surface area (Å²) in [6.07, 6.45) is 6.31. The topological polar surface area (TPSA) is 56.1 Å². The van der Waals surface area contributed by atoms with Crippen LogP contribution in [0.4, 0.5) is 5.82 Å². The molecular weight excluding hydrogens is 394 g/mol. The van der Waals surface area contributed by atoms with E-state index in [-0.39, 0.29) is 0 Å². The van der Waals surface area contributed by atoms with E-state index < -0.39 is 0 Å². The van der Waals surface area contributed by atoms with E-state index in [9.17, 15) is 0 Å². The van der Waals surface area contributed by atoms with E-state index in [0.717, 1.165) is 47.8 Å². The normalized spacial score (nSPS) is 16.6. The van der Waals surface area contributed by atoms with Crippen molar-refractivity contribution in [2.45, 2.75) is 19.4 Å². The Hall–Kier alpha value is -2.77. The number of hydrogen-bond acceptors (Lipinski definition) is 6. The minimum Gasteiger partial charge on any atom is -0.377 e. The summed E-state index contributed by atoms with van der Waals surface area (Å²) >= 11 is 1.68. The van der Waals surface area contributed by atoms with Gasteiger partial charge in [0.25, 0.3) is 0 Å². The molecule has 0 bridgehead atoms. The van der Waals surface area contributed by atoms with Crippen LogP contribution in [0.5, 0.6) is 0 Å². The molecule has 0 saturated carbocycles. The second kappa shape index (κ2) is 8.16. The summed E-state index contributed by atoms with van der Waals surface area (Å²) in [5.74, 6) is 2.39. The molecule has 0 radical (unpaired) electrons. The minimum atomic E-state index is 0.425. The molecule has 7 heteroatoms. The maximum absolute atomic E-state index is 5.34. The molecule has 1 aliphatic heterocycles. The first kappa shape index (κ1) is 19.2. The number of thiophene rings is 1. The second-order valence-electron chi connectivity index (χ2n) is 7.92. The van der Waals surface area contributed by atoms with Gasteiger partial charge in [-0.05, 0) is 29.9 Å². The summed E-state index contributed by atoms with van der Waals surface area (Å²) in [5.41, 5.74) is 3.72. The Labute approximate surface area is 180 Å². The number of hydrogen-bond donors (Lipinski definition) is 0. The fourth-order valence-electron chi connectivity index (χ4n) is 4.32. The first-order chi connectivity index (χ1) is 14.7. The summed E-state index contributed by atoms with van der Waals surface area (Å²) < 4.78 is 7.22. The Morgan fingerprint density at radius 2 is 2.07 bits per heavy atom. The van der Waals surface area contributed by atoms with Gasteiger partial charge in [-0.15, -0.1) is 11.3 Å². The van der Waals surface area contributed by atoms with Crippen molar-refractivity contribution in [2.75, 3.05) is 25.1 Å². The molecule has 1 aliphatic rings. The third-order valence-corrected chi connectivity index (χ3v) is 6.56. The van der Waals surface area contributed by atoms with Crippen LogP contribution in [0.25, 0.3) is 21.3 Å². The van der Waals surface area contributed by atoms with E-state index in [2.05, 4.69) is 51.9 Å². The fraction of sp³-hybridized carbons (Fsp3) is 0.348. The lowest BCUT2D eigenvalue weighted by atomic mass is 10.0. The summed E-state index contributed by atoms with van der Waals surface area (Å²) in [6, 6.07) is 10.5. The van der Waals surface area contributed by atoms with E-state index in [4.69, 9.17) is 14.7 Å². The van der Waals surface area contributed by atoms with Crippen LogP contribution in [0.15, 0.2) is 48.1 Å². The predicted octanol–water partition coefficient (Wildman–Crippen LogP) is 4.31. The van der Waals surface area contributed by atoms with E-state index in [1.807, 2.05) is 17.9 Å². The van der Waals surface area contributed by atoms with Crippen LogP contribution >= 0.6 is 11.3 Å². The molecule has 1 saturated heterocycles. The molecular formula is C23H25N5OS. The molecule has 0 spiro atoms. The number of fused-ring (bicyclic) bond motifs is 1. The molecule has 0 N–H and O–H groups in total. The molecule has 1 aromatic carbocycles. The molecule has 5 rings (SSSR count). The van der Waals surface area contributed by atoms with Crippen LogP contribution < -0.4 is 4.90 Å². The molecule has 6 nitrogen and oxygen atoms in total. The van der Waals surface area contributed by atoms with Crippen molar-refractivity contribution in [3.05, 3.63) is 59.5 Å². The third kappa shape index (κ3) is 3.70. The molecule has 0 aliphatic carbocycles. The number of aryl methyl sites for hydroxylation is 1. The minimum absolute atomic E-state index is 0.425. The van der Waals surface area contributed by atoms with Gasteiger partial charge >= 0.3 is 0 Å². The zero-order chi connectivity index (χ0) is 20.5. The standard InChI is InChI=1S/C23H25N5OS/c1-27-12-17(11-24-27)10-16-8-9-28(13-16)22-21-19(18-6-4-3-5-7-18)15-30-23(21)26-20(25-22)14-29-2/h3-7,11-12,15-16H,8-10,13-14H2,1-2H3. The summed E-state index contributed by atoms with van der Waals surface area (Å²) in [4.78, 5) is 13.2. The average Bonchev–Trinajstić information content (AvgIpc) is 3.49. The number of nitrogens with zero attached hydrogens (tertiary/aromatic N) is 5. The first-order valence-electron chi connectivity index (χ1n) is 10.3. The monoisotopic (exact) mass is 419 g/mol. The largest absolute Gasteiger partial charge is 0.377 e. The maximum atomic E-state index is 5.34. The van der Waals surface area contributed by atoms with Gasteiger partial charge in [-0.25, -0.2) is 9.97 Å². The first-order valence-corrected chi connectivity index (χ1v) is 11.1. The number of rotatable bonds is 6. The van der Waals surface area contributed by atoms with Crippen LogP contribution in [-0.4, -0.2) is 39.9 Å². The Morgan fingerprint density at radius 1 is 1.20 bits per heavy atom. The molecule has 3 aromatic heterocycles.